The number of amides is 3. The van der Waals surface area contributed by atoms with Crippen LogP contribution >= 0.6 is 11.3 Å². The maximum Gasteiger partial charge on any atom is 0.263 e. The highest BCUT2D eigenvalue weighted by atomic mass is 32.1. The zero-order valence-corrected chi connectivity index (χ0v) is 23.2. The van der Waals surface area contributed by atoms with Crippen LogP contribution in [-0.4, -0.2) is 102 Å². The van der Waals surface area contributed by atoms with Crippen LogP contribution in [0.3, 0.4) is 0 Å². The lowest BCUT2D eigenvalue weighted by molar-refractivity contribution is -0.279. The zero-order valence-electron chi connectivity index (χ0n) is 22.3. The Labute approximate surface area is 230 Å². The summed E-state index contributed by atoms with van der Waals surface area (Å²) >= 11 is 1.15. The van der Waals surface area contributed by atoms with Gasteiger partial charge in [0.25, 0.3) is 5.91 Å². The van der Waals surface area contributed by atoms with Gasteiger partial charge in [-0.05, 0) is 25.8 Å². The fourth-order valence-corrected chi connectivity index (χ4v) is 4.29. The summed E-state index contributed by atoms with van der Waals surface area (Å²) in [7, 11) is 2.66. The summed E-state index contributed by atoms with van der Waals surface area (Å²) in [5, 5.41) is 40.6. The molecule has 2 aromatic rings. The SMILES string of the molecule is COC[C@H](NC(=O)c1cnc(C)s1)C(=O)N[C@@H](COC)C(=O)N[C@@H](Cc1ccccc1)C(O)(O)[C@](C)(O)CN. The molecule has 0 radical (unpaired) electrons. The number of aromatic nitrogens is 1. The molecule has 0 aliphatic carbocycles. The first-order chi connectivity index (χ1) is 18.4. The van der Waals surface area contributed by atoms with Crippen LogP contribution in [0.2, 0.25) is 0 Å². The topological polar surface area (TPSA) is 205 Å². The lowest BCUT2D eigenvalue weighted by Gasteiger charge is -2.42. The van der Waals surface area contributed by atoms with Gasteiger partial charge in [-0.15, -0.1) is 11.3 Å². The molecule has 0 aliphatic rings. The molecule has 1 heterocycles. The number of nitrogens with one attached hydrogen (secondary N) is 3. The van der Waals surface area contributed by atoms with Crippen LogP contribution in [0.4, 0.5) is 0 Å². The number of thiazole rings is 1. The minimum absolute atomic E-state index is 0.0833. The Hall–Kier alpha value is -2.98. The molecule has 4 atom stereocenters. The number of nitrogens with two attached hydrogens (primary N) is 1. The van der Waals surface area contributed by atoms with E-state index in [9.17, 15) is 29.7 Å². The number of hydrogen-bond donors (Lipinski definition) is 7. The smallest absolute Gasteiger partial charge is 0.263 e. The zero-order chi connectivity index (χ0) is 29.2. The number of carbonyl (C=O) groups is 3. The normalized spacial score (nSPS) is 15.5. The van der Waals surface area contributed by atoms with Gasteiger partial charge in [-0.25, -0.2) is 4.98 Å². The molecule has 1 aromatic carbocycles. The third-order valence-electron chi connectivity index (χ3n) is 6.04. The second-order valence-corrected chi connectivity index (χ2v) is 10.4. The largest absolute Gasteiger partial charge is 0.383 e. The molecule has 0 aliphatic heterocycles. The van der Waals surface area contributed by atoms with Gasteiger partial charge in [-0.2, -0.15) is 0 Å². The molecule has 2 rings (SSSR count). The van der Waals surface area contributed by atoms with E-state index in [-0.39, 0.29) is 19.6 Å². The molecule has 3 amide bonds. The fraction of sp³-hybridized carbons (Fsp3) is 0.520. The Morgan fingerprint density at radius 1 is 1.00 bits per heavy atom. The molecule has 0 saturated carbocycles. The fourth-order valence-electron chi connectivity index (χ4n) is 3.61. The van der Waals surface area contributed by atoms with Gasteiger partial charge in [0.2, 0.25) is 17.6 Å². The summed E-state index contributed by atoms with van der Waals surface area (Å²) in [4.78, 5) is 43.3. The first kappa shape index (κ1) is 32.2. The van der Waals surface area contributed by atoms with Crippen LogP contribution < -0.4 is 21.7 Å². The van der Waals surface area contributed by atoms with E-state index in [1.165, 1.54) is 20.4 Å². The highest BCUT2D eigenvalue weighted by Crippen LogP contribution is 2.25. The van der Waals surface area contributed by atoms with Gasteiger partial charge >= 0.3 is 0 Å². The van der Waals surface area contributed by atoms with E-state index in [1.54, 1.807) is 37.3 Å². The lowest BCUT2D eigenvalue weighted by atomic mass is 9.85. The lowest BCUT2D eigenvalue weighted by Crippen LogP contribution is -2.69. The monoisotopic (exact) mass is 567 g/mol. The molecule has 39 heavy (non-hydrogen) atoms. The van der Waals surface area contributed by atoms with Crippen molar-refractivity contribution in [2.45, 2.75) is 49.8 Å². The molecule has 8 N–H and O–H groups in total. The van der Waals surface area contributed by atoms with Crippen molar-refractivity contribution in [1.29, 1.82) is 0 Å². The van der Waals surface area contributed by atoms with E-state index < -0.39 is 53.8 Å². The second-order valence-electron chi connectivity index (χ2n) is 9.20. The molecule has 0 fully saturated rings. The van der Waals surface area contributed by atoms with Crippen molar-refractivity contribution in [2.24, 2.45) is 5.73 Å². The number of ether oxygens (including phenoxy) is 2. The van der Waals surface area contributed by atoms with Gasteiger partial charge in [0, 0.05) is 20.8 Å². The maximum absolute atomic E-state index is 13.3. The van der Waals surface area contributed by atoms with E-state index in [0.717, 1.165) is 18.3 Å². The van der Waals surface area contributed by atoms with Gasteiger partial charge in [-0.1, -0.05) is 30.3 Å². The van der Waals surface area contributed by atoms with Crippen molar-refractivity contribution in [3.63, 3.8) is 0 Å². The van der Waals surface area contributed by atoms with Gasteiger partial charge in [-0.3, -0.25) is 14.4 Å². The van der Waals surface area contributed by atoms with Crippen molar-refractivity contribution in [3.05, 3.63) is 52.0 Å². The molecule has 216 valence electrons. The molecule has 0 unspecified atom stereocenters. The number of rotatable bonds is 15. The molecule has 13 nitrogen and oxygen atoms in total. The molecule has 0 spiro atoms. The number of hydrogen-bond acceptors (Lipinski definition) is 11. The summed E-state index contributed by atoms with van der Waals surface area (Å²) in [6.45, 7) is 1.88. The van der Waals surface area contributed by atoms with Crippen LogP contribution in [0.5, 0.6) is 0 Å². The Balaban J connectivity index is 2.23. The number of aryl methyl sites for hydroxylation is 1. The summed E-state index contributed by atoms with van der Waals surface area (Å²) < 4.78 is 10.2. The Bertz CT molecular complexity index is 1100. The molecule has 14 heteroatoms. The maximum atomic E-state index is 13.3. The van der Waals surface area contributed by atoms with Gasteiger partial charge in [0.1, 0.15) is 22.6 Å². The number of carbonyl (C=O) groups excluding carboxylic acids is 3. The van der Waals surface area contributed by atoms with E-state index in [2.05, 4.69) is 20.9 Å². The average Bonchev–Trinajstić information content (AvgIpc) is 3.34. The quantitative estimate of drug-likeness (QED) is 0.123. The molecular weight excluding hydrogens is 530 g/mol. The predicted molar refractivity (Wildman–Crippen MR) is 143 cm³/mol. The first-order valence-corrected chi connectivity index (χ1v) is 12.9. The van der Waals surface area contributed by atoms with Gasteiger partial charge < -0.3 is 46.5 Å². The Kier molecular flexibility index (Phi) is 11.9. The number of nitrogens with zero attached hydrogens (tertiary/aromatic N) is 1. The molecule has 1 aromatic heterocycles. The van der Waals surface area contributed by atoms with Crippen LogP contribution in [-0.2, 0) is 25.5 Å². The van der Waals surface area contributed by atoms with Crippen LogP contribution in [0.25, 0.3) is 0 Å². The highest BCUT2D eigenvalue weighted by Gasteiger charge is 2.50. The van der Waals surface area contributed by atoms with Crippen molar-refractivity contribution >= 4 is 29.1 Å². The molecule has 0 bridgehead atoms. The first-order valence-electron chi connectivity index (χ1n) is 12.1. The van der Waals surface area contributed by atoms with Crippen LogP contribution in [0.1, 0.15) is 27.2 Å². The van der Waals surface area contributed by atoms with E-state index >= 15 is 0 Å². The molecular formula is C25H37N5O8S. The van der Waals surface area contributed by atoms with Crippen molar-refractivity contribution in [2.75, 3.05) is 34.0 Å². The third kappa shape index (κ3) is 8.76. The summed E-state index contributed by atoms with van der Waals surface area (Å²) in [5.74, 6) is -4.96. The standard InChI is InChI=1S/C25H37N5O8S/c1-15-27-11-19(39-15)23(33)29-17(12-37-3)21(31)28-18(13-38-4)22(32)30-20(10-16-8-6-5-7-9-16)25(35,36)24(2,34)14-26/h5-9,11,17-18,20,34-36H,10,12-14,26H2,1-4H3,(H,28,31)(H,29,33)(H,30,32)/t17-,18-,20-,24+/m0/s1. The van der Waals surface area contributed by atoms with Gasteiger partial charge in [0.05, 0.1) is 30.5 Å². The average molecular weight is 568 g/mol. The Morgan fingerprint density at radius 3 is 2.08 bits per heavy atom. The van der Waals surface area contributed by atoms with Gasteiger partial charge in [0.15, 0.2) is 0 Å². The molecule has 0 saturated heterocycles. The van der Waals surface area contributed by atoms with Crippen molar-refractivity contribution in [1.82, 2.24) is 20.9 Å². The summed E-state index contributed by atoms with van der Waals surface area (Å²) in [6, 6.07) is 4.76. The minimum Gasteiger partial charge on any atom is -0.383 e. The number of aliphatic hydroxyl groups is 3. The minimum atomic E-state index is -2.85. The number of benzene rings is 1. The van der Waals surface area contributed by atoms with E-state index in [4.69, 9.17) is 15.2 Å². The van der Waals surface area contributed by atoms with Crippen LogP contribution in [0, 0.1) is 6.92 Å². The number of methoxy groups -OCH3 is 2. The highest BCUT2D eigenvalue weighted by molar-refractivity contribution is 7.13. The third-order valence-corrected chi connectivity index (χ3v) is 6.95. The Morgan fingerprint density at radius 2 is 1.56 bits per heavy atom. The predicted octanol–water partition coefficient (Wildman–Crippen LogP) is -1.55. The second kappa shape index (κ2) is 14.4. The summed E-state index contributed by atoms with van der Waals surface area (Å²) in [6.07, 6.45) is 1.30. The van der Waals surface area contributed by atoms with Crippen molar-refractivity contribution < 1.29 is 39.2 Å². The van der Waals surface area contributed by atoms with E-state index in [0.29, 0.717) is 15.4 Å². The van der Waals surface area contributed by atoms with Crippen molar-refractivity contribution in [3.8, 4) is 0 Å². The summed E-state index contributed by atoms with van der Waals surface area (Å²) in [5.41, 5.74) is 4.01. The van der Waals surface area contributed by atoms with E-state index in [1.807, 2.05) is 0 Å². The van der Waals surface area contributed by atoms with Crippen LogP contribution in [0.15, 0.2) is 36.5 Å².